The fourth-order valence-electron chi connectivity index (χ4n) is 1.55. The minimum Gasteiger partial charge on any atom is -0.477 e. The number of rotatable bonds is 3. The molecule has 2 rings (SSSR count). The smallest absolute Gasteiger partial charge is 0.227 e. The molecule has 0 fully saturated rings. The molecule has 0 amide bonds. The van der Waals surface area contributed by atoms with E-state index in [2.05, 4.69) is 30.7 Å². The summed E-state index contributed by atoms with van der Waals surface area (Å²) in [6, 6.07) is 2.04. The van der Waals surface area contributed by atoms with Crippen LogP contribution in [0.25, 0.3) is 10.2 Å². The molecule has 5 heteroatoms. The lowest BCUT2D eigenvalue weighted by molar-refractivity contribution is 0.238. The Bertz CT molecular complexity index is 560. The van der Waals surface area contributed by atoms with E-state index < -0.39 is 0 Å². The summed E-state index contributed by atoms with van der Waals surface area (Å²) >= 11 is 7.51. The first-order valence-corrected chi connectivity index (χ1v) is 7.11. The van der Waals surface area contributed by atoms with Crippen LogP contribution in [0.4, 0.5) is 0 Å². The quantitative estimate of drug-likeness (QED) is 0.780. The Kier molecular flexibility index (Phi) is 3.78. The minimum absolute atomic E-state index is 0.245. The van der Waals surface area contributed by atoms with E-state index in [1.807, 2.05) is 13.0 Å². The summed E-state index contributed by atoms with van der Waals surface area (Å²) in [5, 5.41) is 1.20. The molecule has 0 aliphatic heterocycles. The van der Waals surface area contributed by atoms with Gasteiger partial charge in [0.2, 0.25) is 11.2 Å². The Labute approximate surface area is 116 Å². The summed E-state index contributed by atoms with van der Waals surface area (Å²) < 4.78 is 5.76. The van der Waals surface area contributed by atoms with Crippen LogP contribution in [0.1, 0.15) is 32.1 Å². The van der Waals surface area contributed by atoms with Crippen molar-refractivity contribution in [2.24, 2.45) is 5.41 Å². The van der Waals surface area contributed by atoms with Crippen molar-refractivity contribution >= 4 is 33.2 Å². The maximum atomic E-state index is 5.91. The molecule has 98 valence electrons. The van der Waals surface area contributed by atoms with Gasteiger partial charge in [0, 0.05) is 4.88 Å². The van der Waals surface area contributed by atoms with Gasteiger partial charge >= 0.3 is 0 Å². The molecule has 0 aromatic carbocycles. The van der Waals surface area contributed by atoms with Gasteiger partial charge < -0.3 is 4.74 Å². The van der Waals surface area contributed by atoms with Crippen LogP contribution in [-0.2, 0) is 0 Å². The highest BCUT2D eigenvalue weighted by Gasteiger charge is 2.13. The third-order valence-electron chi connectivity index (χ3n) is 2.54. The first kappa shape index (κ1) is 13.6. The van der Waals surface area contributed by atoms with Crippen molar-refractivity contribution in [2.75, 3.05) is 6.61 Å². The summed E-state index contributed by atoms with van der Waals surface area (Å²) in [6.45, 7) is 9.24. The molecule has 0 aliphatic rings. The highest BCUT2D eigenvalue weighted by Crippen LogP contribution is 2.31. The second kappa shape index (κ2) is 5.02. The van der Waals surface area contributed by atoms with Crippen molar-refractivity contribution < 1.29 is 4.74 Å². The molecule has 0 unspecified atom stereocenters. The lowest BCUT2D eigenvalue weighted by Gasteiger charge is -2.17. The van der Waals surface area contributed by atoms with Crippen molar-refractivity contribution in [2.45, 2.75) is 34.1 Å². The molecule has 2 aromatic heterocycles. The number of thiophene rings is 1. The number of ether oxygens (including phenoxy) is 1. The van der Waals surface area contributed by atoms with Gasteiger partial charge in [0.05, 0.1) is 12.0 Å². The lowest BCUT2D eigenvalue weighted by atomic mass is 9.93. The zero-order valence-corrected chi connectivity index (χ0v) is 12.7. The first-order valence-electron chi connectivity index (χ1n) is 5.92. The third kappa shape index (κ3) is 3.33. The normalized spacial score (nSPS) is 12.1. The first-order chi connectivity index (χ1) is 8.35. The van der Waals surface area contributed by atoms with Crippen LogP contribution in [0.2, 0.25) is 5.28 Å². The average Bonchev–Trinajstić information content (AvgIpc) is 2.56. The van der Waals surface area contributed by atoms with E-state index in [4.69, 9.17) is 16.3 Å². The van der Waals surface area contributed by atoms with Crippen LogP contribution < -0.4 is 4.74 Å². The van der Waals surface area contributed by atoms with Crippen molar-refractivity contribution in [3.05, 3.63) is 16.2 Å². The number of aromatic nitrogens is 2. The van der Waals surface area contributed by atoms with Crippen LogP contribution in [0.5, 0.6) is 5.88 Å². The van der Waals surface area contributed by atoms with E-state index in [1.54, 1.807) is 11.3 Å². The zero-order valence-electron chi connectivity index (χ0n) is 11.1. The van der Waals surface area contributed by atoms with Crippen LogP contribution >= 0.6 is 22.9 Å². The molecule has 0 N–H and O–H groups in total. The van der Waals surface area contributed by atoms with Crippen molar-refractivity contribution in [3.8, 4) is 5.88 Å². The Morgan fingerprint density at radius 3 is 2.72 bits per heavy atom. The average molecular weight is 285 g/mol. The van der Waals surface area contributed by atoms with Gasteiger partial charge in [0.1, 0.15) is 4.83 Å². The lowest BCUT2D eigenvalue weighted by Crippen LogP contribution is -2.11. The Morgan fingerprint density at radius 1 is 1.33 bits per heavy atom. The van der Waals surface area contributed by atoms with Crippen molar-refractivity contribution in [1.29, 1.82) is 0 Å². The maximum Gasteiger partial charge on any atom is 0.227 e. The van der Waals surface area contributed by atoms with Crippen molar-refractivity contribution in [3.63, 3.8) is 0 Å². The summed E-state index contributed by atoms with van der Waals surface area (Å²) in [5.74, 6) is 0.596. The van der Waals surface area contributed by atoms with Gasteiger partial charge in [-0.3, -0.25) is 0 Å². The maximum absolute atomic E-state index is 5.91. The van der Waals surface area contributed by atoms with Crippen LogP contribution in [0, 0.1) is 12.3 Å². The number of halogens is 1. The largest absolute Gasteiger partial charge is 0.477 e. The topological polar surface area (TPSA) is 35.0 Å². The minimum atomic E-state index is 0.245. The Balaban J connectivity index is 2.21. The van der Waals surface area contributed by atoms with Crippen LogP contribution in [0.3, 0.4) is 0 Å². The Hall–Kier alpha value is -0.870. The number of fused-ring (bicyclic) bond motifs is 1. The number of aryl methyl sites for hydroxylation is 1. The Morgan fingerprint density at radius 2 is 2.06 bits per heavy atom. The van der Waals surface area contributed by atoms with E-state index in [-0.39, 0.29) is 10.7 Å². The van der Waals surface area contributed by atoms with E-state index >= 15 is 0 Å². The van der Waals surface area contributed by atoms with E-state index in [1.165, 1.54) is 4.88 Å². The van der Waals surface area contributed by atoms with Gasteiger partial charge in [-0.25, -0.2) is 4.98 Å². The molecule has 0 radical (unpaired) electrons. The molecule has 0 saturated heterocycles. The molecule has 18 heavy (non-hydrogen) atoms. The standard InChI is InChI=1S/C13H17ClN2OS/c1-8-7-9-10(17-6-5-13(2,3)4)15-12(14)16-11(9)18-8/h7H,5-6H2,1-4H3. The monoisotopic (exact) mass is 284 g/mol. The SMILES string of the molecule is Cc1cc2c(OCCC(C)(C)C)nc(Cl)nc2s1. The molecule has 0 bridgehead atoms. The molecular formula is C13H17ClN2OS. The van der Waals surface area contributed by atoms with Gasteiger partial charge in [-0.05, 0) is 36.4 Å². The van der Waals surface area contributed by atoms with Gasteiger partial charge in [-0.2, -0.15) is 4.98 Å². The van der Waals surface area contributed by atoms with E-state index in [0.717, 1.165) is 16.6 Å². The summed E-state index contributed by atoms with van der Waals surface area (Å²) in [7, 11) is 0. The summed E-state index contributed by atoms with van der Waals surface area (Å²) in [5.41, 5.74) is 0.250. The van der Waals surface area contributed by atoms with Crippen LogP contribution in [-0.4, -0.2) is 16.6 Å². The fourth-order valence-corrected chi connectivity index (χ4v) is 2.64. The third-order valence-corrected chi connectivity index (χ3v) is 3.66. The molecule has 3 nitrogen and oxygen atoms in total. The molecule has 2 heterocycles. The van der Waals surface area contributed by atoms with Gasteiger partial charge in [0.15, 0.2) is 0 Å². The predicted octanol–water partition coefficient (Wildman–Crippen LogP) is 4.47. The summed E-state index contributed by atoms with van der Waals surface area (Å²) in [4.78, 5) is 10.4. The molecule has 0 aliphatic carbocycles. The zero-order chi connectivity index (χ0) is 13.3. The van der Waals surface area contributed by atoms with Crippen molar-refractivity contribution in [1.82, 2.24) is 9.97 Å². The van der Waals surface area contributed by atoms with E-state index in [9.17, 15) is 0 Å². The second-order valence-electron chi connectivity index (χ2n) is 5.53. The number of hydrogen-bond donors (Lipinski definition) is 0. The molecular weight excluding hydrogens is 268 g/mol. The fraction of sp³-hybridized carbons (Fsp3) is 0.538. The van der Waals surface area contributed by atoms with E-state index in [0.29, 0.717) is 12.5 Å². The molecule has 0 spiro atoms. The number of nitrogens with zero attached hydrogens (tertiary/aromatic N) is 2. The predicted molar refractivity (Wildman–Crippen MR) is 76.7 cm³/mol. The highest BCUT2D eigenvalue weighted by atomic mass is 35.5. The van der Waals surface area contributed by atoms with Gasteiger partial charge in [-0.1, -0.05) is 20.8 Å². The number of hydrogen-bond acceptors (Lipinski definition) is 4. The highest BCUT2D eigenvalue weighted by molar-refractivity contribution is 7.18. The molecule has 2 aromatic rings. The van der Waals surface area contributed by atoms with Gasteiger partial charge in [-0.15, -0.1) is 11.3 Å². The summed E-state index contributed by atoms with van der Waals surface area (Å²) in [6.07, 6.45) is 0.971. The molecule has 0 atom stereocenters. The molecule has 0 saturated carbocycles. The van der Waals surface area contributed by atoms with Gasteiger partial charge in [0.25, 0.3) is 0 Å². The van der Waals surface area contributed by atoms with Crippen LogP contribution in [0.15, 0.2) is 6.07 Å². The second-order valence-corrected chi connectivity index (χ2v) is 7.11.